The smallest absolute Gasteiger partial charge is 0.342 e. The van der Waals surface area contributed by atoms with Gasteiger partial charge in [-0.15, -0.1) is 0 Å². The fraction of sp³-hybridized carbons (Fsp3) is 0. The average Bonchev–Trinajstić information content (AvgIpc) is 2.08. The highest BCUT2D eigenvalue weighted by Gasteiger charge is 2.22. The molecule has 0 saturated carbocycles. The molecular weight excluding hydrogens is 194 g/mol. The fourth-order valence-corrected chi connectivity index (χ4v) is 0.888. The predicted molar refractivity (Wildman–Crippen MR) is 43.4 cm³/mol. The number of carboxylic acid groups (broad SMARTS) is 1. The maximum Gasteiger partial charge on any atom is 0.342 e. The van der Waals surface area contributed by atoms with Crippen molar-refractivity contribution < 1.29 is 25.0 Å². The molecule has 3 N–H and O–H groups in total. The molecule has 7 heteroatoms. The molecule has 1 rings (SSSR count). The first-order valence-electron chi connectivity index (χ1n) is 3.37. The zero-order valence-electron chi connectivity index (χ0n) is 6.67. The minimum Gasteiger partial charge on any atom is -0.504 e. The van der Waals surface area contributed by atoms with Crippen LogP contribution in [0.4, 0.5) is 5.69 Å². The van der Waals surface area contributed by atoms with Crippen LogP contribution in [0.25, 0.3) is 0 Å². The molecule has 0 spiro atoms. The first kappa shape index (κ1) is 9.78. The summed E-state index contributed by atoms with van der Waals surface area (Å²) in [7, 11) is 0. The van der Waals surface area contributed by atoms with Gasteiger partial charge < -0.3 is 15.3 Å². The van der Waals surface area contributed by atoms with Crippen molar-refractivity contribution in [1.82, 2.24) is 0 Å². The molecular formula is C7H5NO6. The van der Waals surface area contributed by atoms with Crippen LogP contribution in [0.3, 0.4) is 0 Å². The van der Waals surface area contributed by atoms with Gasteiger partial charge in [0.15, 0.2) is 11.5 Å². The van der Waals surface area contributed by atoms with Crippen LogP contribution in [0.2, 0.25) is 0 Å². The summed E-state index contributed by atoms with van der Waals surface area (Å²) in [6.45, 7) is 0. The van der Waals surface area contributed by atoms with Gasteiger partial charge in [-0.25, -0.2) is 4.79 Å². The Morgan fingerprint density at radius 1 is 1.29 bits per heavy atom. The van der Waals surface area contributed by atoms with Gasteiger partial charge in [0, 0.05) is 6.07 Å². The molecule has 0 heterocycles. The number of phenolic OH excluding ortho intramolecular Hbond substituents is 2. The van der Waals surface area contributed by atoms with Crippen molar-refractivity contribution in [2.24, 2.45) is 0 Å². The van der Waals surface area contributed by atoms with Crippen LogP contribution in [0.15, 0.2) is 12.1 Å². The molecule has 0 unspecified atom stereocenters. The number of carbonyl (C=O) groups is 1. The number of phenols is 2. The van der Waals surface area contributed by atoms with Crippen LogP contribution in [-0.2, 0) is 0 Å². The van der Waals surface area contributed by atoms with Crippen molar-refractivity contribution in [3.63, 3.8) is 0 Å². The summed E-state index contributed by atoms with van der Waals surface area (Å²) in [6, 6.07) is 1.20. The van der Waals surface area contributed by atoms with Crippen LogP contribution in [0, 0.1) is 10.1 Å². The molecule has 74 valence electrons. The van der Waals surface area contributed by atoms with E-state index in [0.717, 1.165) is 0 Å². The van der Waals surface area contributed by atoms with E-state index in [1.54, 1.807) is 0 Å². The van der Waals surface area contributed by atoms with Gasteiger partial charge in [0.25, 0.3) is 5.69 Å². The van der Waals surface area contributed by atoms with Crippen molar-refractivity contribution in [2.45, 2.75) is 0 Å². The number of rotatable bonds is 2. The van der Waals surface area contributed by atoms with Gasteiger partial charge >= 0.3 is 5.97 Å². The predicted octanol–water partition coefficient (Wildman–Crippen LogP) is 0.704. The van der Waals surface area contributed by atoms with Gasteiger partial charge in [-0.2, -0.15) is 0 Å². The van der Waals surface area contributed by atoms with E-state index < -0.39 is 33.6 Å². The summed E-state index contributed by atoms with van der Waals surface area (Å²) in [5.74, 6) is -3.00. The third-order valence-electron chi connectivity index (χ3n) is 1.52. The van der Waals surface area contributed by atoms with Crippen molar-refractivity contribution in [1.29, 1.82) is 0 Å². The van der Waals surface area contributed by atoms with E-state index in [2.05, 4.69) is 0 Å². The molecule has 7 nitrogen and oxygen atoms in total. The number of aromatic carboxylic acids is 1. The summed E-state index contributed by atoms with van der Waals surface area (Å²) < 4.78 is 0. The van der Waals surface area contributed by atoms with Gasteiger partial charge in [-0.1, -0.05) is 0 Å². The number of carboxylic acids is 1. The minimum atomic E-state index is -1.55. The molecule has 0 aliphatic carbocycles. The number of nitrogens with zero attached hydrogens (tertiary/aromatic N) is 1. The molecule has 14 heavy (non-hydrogen) atoms. The molecule has 1 aromatic carbocycles. The zero-order chi connectivity index (χ0) is 10.9. The van der Waals surface area contributed by atoms with Crippen molar-refractivity contribution >= 4 is 11.7 Å². The Morgan fingerprint density at radius 2 is 1.79 bits per heavy atom. The van der Waals surface area contributed by atoms with Gasteiger partial charge in [-0.05, 0) is 0 Å². The Kier molecular flexibility index (Phi) is 2.24. The Labute approximate surface area is 77.0 Å². The van der Waals surface area contributed by atoms with Crippen LogP contribution < -0.4 is 0 Å². The Hall–Kier alpha value is -2.31. The molecule has 0 aliphatic heterocycles. The molecule has 0 fully saturated rings. The zero-order valence-corrected chi connectivity index (χ0v) is 6.67. The highest BCUT2D eigenvalue weighted by molar-refractivity contribution is 5.93. The summed E-state index contributed by atoms with van der Waals surface area (Å²) in [5.41, 5.74) is -1.45. The average molecular weight is 199 g/mol. The Balaban J connectivity index is 3.46. The van der Waals surface area contributed by atoms with E-state index >= 15 is 0 Å². The Morgan fingerprint density at radius 3 is 2.21 bits per heavy atom. The lowest BCUT2D eigenvalue weighted by molar-refractivity contribution is -0.385. The lowest BCUT2D eigenvalue weighted by Gasteiger charge is -2.00. The van der Waals surface area contributed by atoms with E-state index in [4.69, 9.17) is 15.3 Å². The summed E-state index contributed by atoms with van der Waals surface area (Å²) in [4.78, 5) is 19.9. The highest BCUT2D eigenvalue weighted by Crippen LogP contribution is 2.32. The normalized spacial score (nSPS) is 9.71. The number of hydrogen-bond acceptors (Lipinski definition) is 5. The molecule has 0 saturated heterocycles. The maximum atomic E-state index is 10.5. The van der Waals surface area contributed by atoms with Gasteiger partial charge in [0.2, 0.25) is 0 Å². The summed E-state index contributed by atoms with van der Waals surface area (Å²) >= 11 is 0. The minimum absolute atomic E-state index is 0.582. The van der Waals surface area contributed by atoms with Crippen LogP contribution in [0.1, 0.15) is 10.4 Å². The third kappa shape index (κ3) is 1.56. The van der Waals surface area contributed by atoms with E-state index in [1.165, 1.54) is 0 Å². The first-order valence-corrected chi connectivity index (χ1v) is 3.37. The molecule has 0 amide bonds. The van der Waals surface area contributed by atoms with E-state index in [1.807, 2.05) is 0 Å². The molecule has 0 atom stereocenters. The van der Waals surface area contributed by atoms with Crippen LogP contribution in [-0.4, -0.2) is 26.2 Å². The molecule has 0 aromatic heterocycles. The second-order valence-corrected chi connectivity index (χ2v) is 2.42. The van der Waals surface area contributed by atoms with E-state index in [-0.39, 0.29) is 0 Å². The monoisotopic (exact) mass is 199 g/mol. The van der Waals surface area contributed by atoms with Crippen molar-refractivity contribution in [2.75, 3.05) is 0 Å². The lowest BCUT2D eigenvalue weighted by atomic mass is 10.1. The largest absolute Gasteiger partial charge is 0.504 e. The number of aromatic hydroxyl groups is 2. The first-order chi connectivity index (χ1) is 6.43. The molecule has 1 aromatic rings. The molecule has 0 aliphatic rings. The number of hydrogen-bond donors (Lipinski definition) is 3. The summed E-state index contributed by atoms with van der Waals surface area (Å²) in [6.07, 6.45) is 0. The third-order valence-corrected chi connectivity index (χ3v) is 1.52. The number of nitro groups is 1. The molecule has 0 bridgehead atoms. The number of benzene rings is 1. The van der Waals surface area contributed by atoms with Crippen LogP contribution >= 0.6 is 0 Å². The van der Waals surface area contributed by atoms with Crippen molar-refractivity contribution in [3.05, 3.63) is 27.8 Å². The summed E-state index contributed by atoms with van der Waals surface area (Å²) in [5, 5.41) is 36.7. The van der Waals surface area contributed by atoms with E-state index in [9.17, 15) is 14.9 Å². The maximum absolute atomic E-state index is 10.5. The molecule has 0 radical (unpaired) electrons. The fourth-order valence-electron chi connectivity index (χ4n) is 0.888. The van der Waals surface area contributed by atoms with Gasteiger partial charge in [0.05, 0.1) is 11.0 Å². The topological polar surface area (TPSA) is 121 Å². The Bertz CT molecular complexity index is 374. The highest BCUT2D eigenvalue weighted by atomic mass is 16.6. The standard InChI is InChI=1S/C7H5NO6/c9-5-1-3(7(11)12)4(8(13)14)2-6(5)10/h1-2,9-10H,(H,11,12). The quantitative estimate of drug-likeness (QED) is 0.366. The van der Waals surface area contributed by atoms with E-state index in [0.29, 0.717) is 12.1 Å². The second-order valence-electron chi connectivity index (χ2n) is 2.42. The second kappa shape index (κ2) is 3.21. The lowest BCUT2D eigenvalue weighted by Crippen LogP contribution is -2.02. The van der Waals surface area contributed by atoms with Gasteiger partial charge in [-0.3, -0.25) is 10.1 Å². The van der Waals surface area contributed by atoms with Crippen molar-refractivity contribution in [3.8, 4) is 11.5 Å². The SMILES string of the molecule is O=C(O)c1cc(O)c(O)cc1[N+](=O)[O-]. The van der Waals surface area contributed by atoms with Crippen LogP contribution in [0.5, 0.6) is 11.5 Å². The number of nitro benzene ring substituents is 1. The van der Waals surface area contributed by atoms with Gasteiger partial charge in [0.1, 0.15) is 5.56 Å².